The molecule has 0 aliphatic rings. The van der Waals surface area contributed by atoms with Crippen molar-refractivity contribution in [1.29, 1.82) is 0 Å². The number of carbonyl (C=O) groups excluding carboxylic acids is 1. The summed E-state index contributed by atoms with van der Waals surface area (Å²) in [6.07, 6.45) is 0. The molecule has 9 heteroatoms. The van der Waals surface area contributed by atoms with E-state index in [0.29, 0.717) is 16.7 Å². The third kappa shape index (κ3) is 3.63. The van der Waals surface area contributed by atoms with Crippen LogP contribution in [0.15, 0.2) is 59.8 Å². The molecule has 0 saturated carbocycles. The van der Waals surface area contributed by atoms with Crippen LogP contribution < -0.4 is 11.2 Å². The highest BCUT2D eigenvalue weighted by molar-refractivity contribution is 7.99. The van der Waals surface area contributed by atoms with Gasteiger partial charge in [0.05, 0.1) is 11.4 Å². The van der Waals surface area contributed by atoms with Gasteiger partial charge in [0.1, 0.15) is 5.82 Å². The van der Waals surface area contributed by atoms with Gasteiger partial charge in [0.2, 0.25) is 11.1 Å². The van der Waals surface area contributed by atoms with Gasteiger partial charge >= 0.3 is 0 Å². The number of carbonyl (C=O) groups is 1. The molecule has 0 aliphatic heterocycles. The molecule has 2 aromatic carbocycles. The number of anilines is 1. The summed E-state index contributed by atoms with van der Waals surface area (Å²) in [6, 6.07) is 15.4. The number of aromatic amines is 1. The van der Waals surface area contributed by atoms with Crippen LogP contribution in [0.3, 0.4) is 0 Å². The van der Waals surface area contributed by atoms with Crippen LogP contribution in [-0.4, -0.2) is 31.5 Å². The first-order valence-corrected chi connectivity index (χ1v) is 9.05. The first-order valence-electron chi connectivity index (χ1n) is 8.07. The lowest BCUT2D eigenvalue weighted by molar-refractivity contribution is -0.113. The standard InChI is InChI=1S/C18H15FN6OS/c19-12-5-7-13(8-6-12)21-16(26)10-27-18-24-23-17(25(18)20)15-9-11-3-1-2-4-14(11)22-15/h1-9,22H,10,20H2,(H,21,26). The Morgan fingerprint density at radius 2 is 1.96 bits per heavy atom. The number of benzene rings is 2. The monoisotopic (exact) mass is 382 g/mol. The molecule has 2 heterocycles. The number of rotatable bonds is 5. The van der Waals surface area contributed by atoms with E-state index in [-0.39, 0.29) is 17.5 Å². The number of para-hydroxylation sites is 1. The molecule has 1 amide bonds. The molecule has 7 nitrogen and oxygen atoms in total. The Hall–Kier alpha value is -3.33. The van der Waals surface area contributed by atoms with Crippen molar-refractivity contribution in [3.63, 3.8) is 0 Å². The Balaban J connectivity index is 1.44. The quantitative estimate of drug-likeness (QED) is 0.364. The first-order chi connectivity index (χ1) is 13.1. The predicted octanol–water partition coefficient (Wildman–Crippen LogP) is 3.01. The van der Waals surface area contributed by atoms with Crippen molar-refractivity contribution < 1.29 is 9.18 Å². The van der Waals surface area contributed by atoms with E-state index in [9.17, 15) is 9.18 Å². The molecule has 0 unspecified atom stereocenters. The number of nitrogens with two attached hydrogens (primary N) is 1. The number of H-pyrrole nitrogens is 1. The van der Waals surface area contributed by atoms with Gasteiger partial charge in [0, 0.05) is 16.6 Å². The van der Waals surface area contributed by atoms with Crippen LogP contribution in [0, 0.1) is 5.82 Å². The van der Waals surface area contributed by atoms with Gasteiger partial charge in [0.25, 0.3) is 0 Å². The summed E-state index contributed by atoms with van der Waals surface area (Å²) < 4.78 is 14.2. The average molecular weight is 382 g/mol. The van der Waals surface area contributed by atoms with E-state index in [0.717, 1.165) is 28.4 Å². The van der Waals surface area contributed by atoms with E-state index in [1.165, 1.54) is 28.9 Å². The molecule has 2 aromatic heterocycles. The first kappa shape index (κ1) is 17.1. The molecular weight excluding hydrogens is 367 g/mol. The topological polar surface area (TPSA) is 102 Å². The highest BCUT2D eigenvalue weighted by atomic mass is 32.2. The van der Waals surface area contributed by atoms with Crippen LogP contribution in [0.2, 0.25) is 0 Å². The van der Waals surface area contributed by atoms with Crippen LogP contribution in [-0.2, 0) is 4.79 Å². The highest BCUT2D eigenvalue weighted by Crippen LogP contribution is 2.24. The van der Waals surface area contributed by atoms with Gasteiger partial charge in [-0.1, -0.05) is 30.0 Å². The van der Waals surface area contributed by atoms with Crippen molar-refractivity contribution in [2.75, 3.05) is 16.9 Å². The molecule has 4 aromatic rings. The summed E-state index contributed by atoms with van der Waals surface area (Å²) in [4.78, 5) is 15.3. The maximum atomic E-state index is 12.9. The van der Waals surface area contributed by atoms with Crippen LogP contribution in [0.5, 0.6) is 0 Å². The van der Waals surface area contributed by atoms with E-state index in [2.05, 4.69) is 20.5 Å². The van der Waals surface area contributed by atoms with E-state index in [1.807, 2.05) is 30.3 Å². The van der Waals surface area contributed by atoms with Gasteiger partial charge in [0.15, 0.2) is 5.82 Å². The molecule has 0 saturated heterocycles. The fraction of sp³-hybridized carbons (Fsp3) is 0.0556. The molecule has 4 N–H and O–H groups in total. The summed E-state index contributed by atoms with van der Waals surface area (Å²) in [5.41, 5.74) is 2.24. The molecular formula is C18H15FN6OS. The fourth-order valence-corrected chi connectivity index (χ4v) is 3.27. The van der Waals surface area contributed by atoms with Gasteiger partial charge in [-0.2, -0.15) is 0 Å². The SMILES string of the molecule is Nn1c(SCC(=O)Nc2ccc(F)cc2)nnc1-c1cc2ccccc2[nH]1. The normalized spacial score (nSPS) is 11.0. The lowest BCUT2D eigenvalue weighted by atomic mass is 10.2. The van der Waals surface area contributed by atoms with Gasteiger partial charge < -0.3 is 16.1 Å². The predicted molar refractivity (Wildman–Crippen MR) is 103 cm³/mol. The minimum Gasteiger partial charge on any atom is -0.352 e. The molecule has 0 spiro atoms. The molecule has 0 atom stereocenters. The van der Waals surface area contributed by atoms with E-state index in [1.54, 1.807) is 0 Å². The van der Waals surface area contributed by atoms with Crippen molar-refractivity contribution in [1.82, 2.24) is 19.9 Å². The van der Waals surface area contributed by atoms with Crippen LogP contribution >= 0.6 is 11.8 Å². The van der Waals surface area contributed by atoms with Crippen LogP contribution in [0.25, 0.3) is 22.4 Å². The Bertz CT molecular complexity index is 1070. The Morgan fingerprint density at radius 1 is 1.19 bits per heavy atom. The van der Waals surface area contributed by atoms with Crippen LogP contribution in [0.1, 0.15) is 0 Å². The number of nitrogen functional groups attached to an aromatic ring is 1. The summed E-state index contributed by atoms with van der Waals surface area (Å²) in [7, 11) is 0. The minimum atomic E-state index is -0.358. The zero-order chi connectivity index (χ0) is 18.8. The van der Waals surface area contributed by atoms with Crippen molar-refractivity contribution in [3.05, 3.63) is 60.4 Å². The summed E-state index contributed by atoms with van der Waals surface area (Å²) >= 11 is 1.16. The van der Waals surface area contributed by atoms with E-state index >= 15 is 0 Å². The number of nitrogens with one attached hydrogen (secondary N) is 2. The molecule has 0 aliphatic carbocycles. The molecule has 136 valence electrons. The molecule has 0 bridgehead atoms. The second kappa shape index (κ2) is 7.12. The lowest BCUT2D eigenvalue weighted by Crippen LogP contribution is -2.16. The molecule has 0 radical (unpaired) electrons. The second-order valence-electron chi connectivity index (χ2n) is 5.79. The third-order valence-electron chi connectivity index (χ3n) is 3.90. The van der Waals surface area contributed by atoms with E-state index < -0.39 is 0 Å². The van der Waals surface area contributed by atoms with Crippen LogP contribution in [0.4, 0.5) is 10.1 Å². The lowest BCUT2D eigenvalue weighted by Gasteiger charge is -2.05. The fourth-order valence-electron chi connectivity index (χ4n) is 2.61. The Labute approximate surface area is 157 Å². The summed E-state index contributed by atoms with van der Waals surface area (Å²) in [5.74, 6) is 6.06. The number of hydrogen-bond acceptors (Lipinski definition) is 5. The van der Waals surface area contributed by atoms with Crippen molar-refractivity contribution in [2.24, 2.45) is 0 Å². The Kier molecular flexibility index (Phi) is 4.51. The number of halogens is 1. The molecule has 4 rings (SSSR count). The van der Waals surface area contributed by atoms with Crippen molar-refractivity contribution >= 4 is 34.3 Å². The third-order valence-corrected chi connectivity index (χ3v) is 4.84. The number of nitrogens with zero attached hydrogens (tertiary/aromatic N) is 3. The maximum Gasteiger partial charge on any atom is 0.234 e. The zero-order valence-corrected chi connectivity index (χ0v) is 14.8. The zero-order valence-electron chi connectivity index (χ0n) is 14.0. The molecule has 27 heavy (non-hydrogen) atoms. The highest BCUT2D eigenvalue weighted by Gasteiger charge is 2.15. The Morgan fingerprint density at radius 3 is 2.74 bits per heavy atom. The maximum absolute atomic E-state index is 12.9. The van der Waals surface area contributed by atoms with Crippen molar-refractivity contribution in [2.45, 2.75) is 5.16 Å². The van der Waals surface area contributed by atoms with Gasteiger partial charge in [-0.3, -0.25) is 4.79 Å². The summed E-state index contributed by atoms with van der Waals surface area (Å²) in [6.45, 7) is 0. The number of thioether (sulfide) groups is 1. The van der Waals surface area contributed by atoms with E-state index in [4.69, 9.17) is 5.84 Å². The number of fused-ring (bicyclic) bond motifs is 1. The summed E-state index contributed by atoms with van der Waals surface area (Å²) in [5, 5.41) is 12.3. The minimum absolute atomic E-state index is 0.0966. The van der Waals surface area contributed by atoms with Gasteiger partial charge in [-0.05, 0) is 36.4 Å². The average Bonchev–Trinajstić information content (AvgIpc) is 3.25. The largest absolute Gasteiger partial charge is 0.352 e. The number of aromatic nitrogens is 4. The number of amides is 1. The van der Waals surface area contributed by atoms with Crippen molar-refractivity contribution in [3.8, 4) is 11.5 Å². The van der Waals surface area contributed by atoms with Gasteiger partial charge in [-0.15, -0.1) is 10.2 Å². The smallest absolute Gasteiger partial charge is 0.234 e. The van der Waals surface area contributed by atoms with Gasteiger partial charge in [-0.25, -0.2) is 9.07 Å². The number of hydrogen-bond donors (Lipinski definition) is 3. The second-order valence-corrected chi connectivity index (χ2v) is 6.73. The molecule has 0 fully saturated rings.